The highest BCUT2D eigenvalue weighted by atomic mass is 16.4. The molecule has 7 heteroatoms. The van der Waals surface area contributed by atoms with Crippen LogP contribution in [0.5, 0.6) is 0 Å². The number of hydrogen-bond acceptors (Lipinski definition) is 4. The van der Waals surface area contributed by atoms with Crippen LogP contribution in [0.25, 0.3) is 16.7 Å². The first-order valence-electron chi connectivity index (χ1n) is 15.3. The second kappa shape index (κ2) is 12.2. The highest BCUT2D eigenvalue weighted by Gasteiger charge is 2.45. The lowest BCUT2D eigenvalue weighted by Gasteiger charge is -2.43. The molecule has 6 rings (SSSR count). The Morgan fingerprint density at radius 3 is 1.70 bits per heavy atom. The SMILES string of the molecule is CN(C)c1ccc2c(c1)n(-c1ccc(CC(C)(NC(c3ccccc3)(c3ccccc3)c3ccccc3)C(=O)O)cc1)c(=O)n2C. The summed E-state index contributed by atoms with van der Waals surface area (Å²) in [5.41, 5.74) is 4.48. The fourth-order valence-corrected chi connectivity index (χ4v) is 6.40. The molecule has 7 nitrogen and oxygen atoms in total. The lowest BCUT2D eigenvalue weighted by molar-refractivity contribution is -0.144. The van der Waals surface area contributed by atoms with Gasteiger partial charge in [-0.05, 0) is 59.5 Å². The fourth-order valence-electron chi connectivity index (χ4n) is 6.40. The monoisotopic (exact) mass is 610 g/mol. The average molecular weight is 611 g/mol. The zero-order chi connectivity index (χ0) is 32.5. The third-order valence-electron chi connectivity index (χ3n) is 8.86. The van der Waals surface area contributed by atoms with Crippen molar-refractivity contribution in [1.29, 1.82) is 0 Å². The highest BCUT2D eigenvalue weighted by Crippen LogP contribution is 2.39. The predicted molar refractivity (Wildman–Crippen MR) is 185 cm³/mol. The number of fused-ring (bicyclic) bond motifs is 1. The number of carboxylic acid groups (broad SMARTS) is 1. The first kappa shape index (κ1) is 30.6. The van der Waals surface area contributed by atoms with Crippen LogP contribution in [0.4, 0.5) is 5.69 Å². The van der Waals surface area contributed by atoms with Crippen LogP contribution in [-0.2, 0) is 23.8 Å². The Balaban J connectivity index is 1.43. The van der Waals surface area contributed by atoms with Crippen molar-refractivity contribution in [2.24, 2.45) is 7.05 Å². The molecule has 0 aliphatic heterocycles. The maximum Gasteiger partial charge on any atom is 0.333 e. The molecule has 232 valence electrons. The number of rotatable bonds is 10. The largest absolute Gasteiger partial charge is 0.480 e. The van der Waals surface area contributed by atoms with E-state index in [0.717, 1.165) is 39.0 Å². The van der Waals surface area contributed by atoms with Crippen molar-refractivity contribution in [2.75, 3.05) is 19.0 Å². The third kappa shape index (κ3) is 5.39. The molecule has 2 N–H and O–H groups in total. The van der Waals surface area contributed by atoms with Crippen LogP contribution in [0.3, 0.4) is 0 Å². The number of aromatic nitrogens is 2. The summed E-state index contributed by atoms with van der Waals surface area (Å²) < 4.78 is 3.34. The van der Waals surface area contributed by atoms with Gasteiger partial charge in [-0.3, -0.25) is 19.2 Å². The van der Waals surface area contributed by atoms with E-state index < -0.39 is 17.0 Å². The number of hydrogen-bond donors (Lipinski definition) is 2. The Hall–Kier alpha value is -5.40. The maximum absolute atomic E-state index is 13.4. The lowest BCUT2D eigenvalue weighted by atomic mass is 9.74. The number of carbonyl (C=O) groups is 1. The molecule has 0 spiro atoms. The standard InChI is InChI=1S/C39H38N4O3/c1-38(36(44)45,40-39(29-14-8-5-9-15-29,30-16-10-6-11-17-30)31-18-12-7-13-19-31)27-28-20-22-32(23-21-28)43-35-26-33(41(2)3)24-25-34(35)42(4)37(43)46/h5-26,40H,27H2,1-4H3,(H,44,45). The first-order chi connectivity index (χ1) is 22.1. The Morgan fingerprint density at radius 1 is 0.739 bits per heavy atom. The van der Waals surface area contributed by atoms with Gasteiger partial charge in [0.25, 0.3) is 0 Å². The van der Waals surface area contributed by atoms with Gasteiger partial charge in [-0.15, -0.1) is 0 Å². The minimum atomic E-state index is -1.39. The van der Waals surface area contributed by atoms with Gasteiger partial charge in [-0.2, -0.15) is 0 Å². The molecule has 5 aromatic carbocycles. The number of carboxylic acids is 1. The van der Waals surface area contributed by atoms with E-state index in [4.69, 9.17) is 0 Å². The topological polar surface area (TPSA) is 79.5 Å². The molecule has 0 aliphatic rings. The number of imidazole rings is 1. The molecule has 0 radical (unpaired) electrons. The summed E-state index contributed by atoms with van der Waals surface area (Å²) in [7, 11) is 5.71. The third-order valence-corrected chi connectivity index (χ3v) is 8.86. The van der Waals surface area contributed by atoms with Gasteiger partial charge in [-0.25, -0.2) is 4.79 Å². The molecule has 1 aromatic heterocycles. The molecule has 1 heterocycles. The smallest absolute Gasteiger partial charge is 0.333 e. The zero-order valence-electron chi connectivity index (χ0n) is 26.5. The van der Waals surface area contributed by atoms with Crippen molar-refractivity contribution in [3.05, 3.63) is 166 Å². The molecule has 0 saturated heterocycles. The predicted octanol–water partition coefficient (Wildman–Crippen LogP) is 6.36. The minimum Gasteiger partial charge on any atom is -0.480 e. The van der Waals surface area contributed by atoms with Crippen LogP contribution in [0.15, 0.2) is 138 Å². The van der Waals surface area contributed by atoms with E-state index in [-0.39, 0.29) is 12.1 Å². The van der Waals surface area contributed by atoms with Gasteiger partial charge in [-0.1, -0.05) is 103 Å². The van der Waals surface area contributed by atoms with E-state index >= 15 is 0 Å². The molecule has 6 aromatic rings. The normalized spacial score (nSPS) is 13.0. The summed E-state index contributed by atoms with van der Waals surface area (Å²) in [5.74, 6) is -0.967. The number of nitrogens with zero attached hydrogens (tertiary/aromatic N) is 3. The second-order valence-corrected chi connectivity index (χ2v) is 12.2. The Labute approximate surface area is 269 Å². The Morgan fingerprint density at radius 2 is 1.24 bits per heavy atom. The molecule has 0 bridgehead atoms. The van der Waals surface area contributed by atoms with Crippen LogP contribution in [-0.4, -0.2) is 39.8 Å². The molecular formula is C39H38N4O3. The van der Waals surface area contributed by atoms with Crippen LogP contribution in [0.2, 0.25) is 0 Å². The van der Waals surface area contributed by atoms with Crippen molar-refractivity contribution in [1.82, 2.24) is 14.5 Å². The molecule has 46 heavy (non-hydrogen) atoms. The van der Waals surface area contributed by atoms with Crippen LogP contribution in [0, 0.1) is 0 Å². The van der Waals surface area contributed by atoms with E-state index in [9.17, 15) is 14.7 Å². The molecule has 0 aliphatic carbocycles. The van der Waals surface area contributed by atoms with E-state index in [1.165, 1.54) is 0 Å². The quantitative estimate of drug-likeness (QED) is 0.177. The lowest BCUT2D eigenvalue weighted by Crippen LogP contribution is -2.61. The number of benzene rings is 5. The van der Waals surface area contributed by atoms with E-state index in [0.29, 0.717) is 5.69 Å². The fraction of sp³-hybridized carbons (Fsp3) is 0.179. The number of nitrogens with one attached hydrogen (secondary N) is 1. The molecule has 1 atom stereocenters. The van der Waals surface area contributed by atoms with Gasteiger partial charge in [0.1, 0.15) is 5.54 Å². The van der Waals surface area contributed by atoms with Crippen molar-refractivity contribution in [2.45, 2.75) is 24.4 Å². The highest BCUT2D eigenvalue weighted by molar-refractivity contribution is 5.82. The maximum atomic E-state index is 13.4. The number of aliphatic carboxylic acids is 1. The van der Waals surface area contributed by atoms with E-state index in [1.807, 2.05) is 152 Å². The summed E-state index contributed by atoms with van der Waals surface area (Å²) in [6.07, 6.45) is 0.200. The van der Waals surface area contributed by atoms with Gasteiger partial charge in [0.15, 0.2) is 0 Å². The molecule has 0 fully saturated rings. The van der Waals surface area contributed by atoms with E-state index in [1.54, 1.807) is 23.1 Å². The summed E-state index contributed by atoms with van der Waals surface area (Å²) in [5, 5.41) is 14.5. The zero-order valence-corrected chi connectivity index (χ0v) is 26.5. The number of aryl methyl sites for hydroxylation is 1. The van der Waals surface area contributed by atoms with Crippen LogP contribution >= 0.6 is 0 Å². The second-order valence-electron chi connectivity index (χ2n) is 12.2. The van der Waals surface area contributed by atoms with Gasteiger partial charge in [0, 0.05) is 33.3 Å². The van der Waals surface area contributed by atoms with Gasteiger partial charge in [0.2, 0.25) is 0 Å². The Kier molecular flexibility index (Phi) is 8.11. The van der Waals surface area contributed by atoms with Gasteiger partial charge < -0.3 is 10.0 Å². The number of anilines is 1. The summed E-state index contributed by atoms with van der Waals surface area (Å²) >= 11 is 0. The average Bonchev–Trinajstić information content (AvgIpc) is 3.33. The molecule has 0 saturated carbocycles. The summed E-state index contributed by atoms with van der Waals surface area (Å²) in [4.78, 5) is 28.6. The van der Waals surface area contributed by atoms with E-state index in [2.05, 4.69) is 5.32 Å². The van der Waals surface area contributed by atoms with Crippen molar-refractivity contribution in [3.63, 3.8) is 0 Å². The molecule has 0 amide bonds. The van der Waals surface area contributed by atoms with Crippen molar-refractivity contribution < 1.29 is 9.90 Å². The molecule has 1 unspecified atom stereocenters. The van der Waals surface area contributed by atoms with Crippen LogP contribution in [0.1, 0.15) is 29.2 Å². The van der Waals surface area contributed by atoms with Crippen molar-refractivity contribution >= 4 is 22.7 Å². The Bertz CT molecular complexity index is 1940. The summed E-state index contributed by atoms with van der Waals surface area (Å²) in [6, 6.07) is 43.5. The van der Waals surface area contributed by atoms with Gasteiger partial charge in [0.05, 0.1) is 22.3 Å². The van der Waals surface area contributed by atoms with Crippen LogP contribution < -0.4 is 15.9 Å². The molecular weight excluding hydrogens is 572 g/mol. The summed E-state index contributed by atoms with van der Waals surface area (Å²) in [6.45, 7) is 1.74. The first-order valence-corrected chi connectivity index (χ1v) is 15.3. The van der Waals surface area contributed by atoms with Crippen molar-refractivity contribution in [3.8, 4) is 5.69 Å². The van der Waals surface area contributed by atoms with Gasteiger partial charge >= 0.3 is 11.7 Å². The minimum absolute atomic E-state index is 0.144.